The number of halogens is 1. The van der Waals surface area contributed by atoms with Crippen LogP contribution in [0, 0.1) is 23.7 Å². The van der Waals surface area contributed by atoms with Crippen molar-refractivity contribution in [2.24, 2.45) is 11.8 Å². The molecule has 0 spiro atoms. The summed E-state index contributed by atoms with van der Waals surface area (Å²) in [4.78, 5) is 11.8. The van der Waals surface area contributed by atoms with Crippen LogP contribution >= 0.6 is 0 Å². The number of rotatable bonds is 2. The van der Waals surface area contributed by atoms with E-state index in [0.29, 0.717) is 5.92 Å². The number of hydrogen-bond acceptors (Lipinski definition) is 2. The number of benzene rings is 1. The summed E-state index contributed by atoms with van der Waals surface area (Å²) in [6.45, 7) is 2.20. The molecule has 0 aliphatic heterocycles. The second-order valence-corrected chi connectivity index (χ2v) is 4.75. The summed E-state index contributed by atoms with van der Waals surface area (Å²) in [6, 6.07) is 6.52. The van der Waals surface area contributed by atoms with Crippen LogP contribution in [0.5, 0.6) is 5.75 Å². The van der Waals surface area contributed by atoms with Crippen molar-refractivity contribution < 1.29 is 46.6 Å². The summed E-state index contributed by atoms with van der Waals surface area (Å²) < 4.78 is 18.0. The van der Waals surface area contributed by atoms with Crippen LogP contribution in [0.4, 0.5) is 4.39 Å². The van der Waals surface area contributed by atoms with E-state index in [-0.39, 0.29) is 50.3 Å². The van der Waals surface area contributed by atoms with E-state index in [1.54, 1.807) is 6.07 Å². The third-order valence-corrected chi connectivity index (χ3v) is 3.31. The first-order valence-electron chi connectivity index (χ1n) is 6.04. The average Bonchev–Trinajstić information content (AvgIpc) is 2.29. The van der Waals surface area contributed by atoms with E-state index < -0.39 is 5.82 Å². The van der Waals surface area contributed by atoms with Crippen LogP contribution in [0.3, 0.4) is 0 Å². The van der Waals surface area contributed by atoms with E-state index in [9.17, 15) is 9.18 Å². The monoisotopic (exact) mass is 324 g/mol. The molecule has 1 saturated carbocycles. The van der Waals surface area contributed by atoms with Crippen LogP contribution in [0.25, 0.3) is 0 Å². The molecule has 95 valence electrons. The fourth-order valence-electron chi connectivity index (χ4n) is 2.18. The molecule has 1 aromatic rings. The summed E-state index contributed by atoms with van der Waals surface area (Å²) >= 11 is 0. The van der Waals surface area contributed by atoms with E-state index in [4.69, 9.17) is 4.74 Å². The van der Waals surface area contributed by atoms with Gasteiger partial charge in [0.25, 0.3) is 0 Å². The number of carbonyl (C=O) groups excluding carboxylic acids is 1. The van der Waals surface area contributed by atoms with Gasteiger partial charge in [-0.2, -0.15) is 6.07 Å². The molecular weight excluding hydrogens is 308 g/mol. The Labute approximate surface area is 132 Å². The van der Waals surface area contributed by atoms with Crippen molar-refractivity contribution in [3.8, 4) is 5.75 Å². The fraction of sp³-hybridized carbons (Fsp3) is 0.500. The molecule has 0 heterocycles. The summed E-state index contributed by atoms with van der Waals surface area (Å²) in [5, 5.41) is 0. The molecular formula is C14H16FO2Y-. The van der Waals surface area contributed by atoms with E-state index >= 15 is 0 Å². The van der Waals surface area contributed by atoms with Gasteiger partial charge in [-0.1, -0.05) is 13.0 Å². The van der Waals surface area contributed by atoms with Gasteiger partial charge in [-0.25, -0.2) is 4.39 Å². The molecule has 4 heteroatoms. The Hall–Kier alpha value is -0.276. The number of ether oxygens (including phenoxy) is 1. The van der Waals surface area contributed by atoms with Gasteiger partial charge in [-0.3, -0.25) is 4.79 Å². The molecule has 1 aliphatic carbocycles. The van der Waals surface area contributed by atoms with Gasteiger partial charge in [0.05, 0.1) is 5.92 Å². The van der Waals surface area contributed by atoms with Gasteiger partial charge in [0.15, 0.2) is 0 Å². The Morgan fingerprint density at radius 2 is 2.06 bits per heavy atom. The molecule has 0 unspecified atom stereocenters. The Morgan fingerprint density at radius 1 is 1.39 bits per heavy atom. The van der Waals surface area contributed by atoms with Crippen LogP contribution in [0.2, 0.25) is 0 Å². The summed E-state index contributed by atoms with van der Waals surface area (Å²) in [5.74, 6) is 0.196. The van der Waals surface area contributed by atoms with Crippen molar-refractivity contribution in [2.45, 2.75) is 32.6 Å². The molecule has 0 N–H and O–H groups in total. The Bertz CT molecular complexity index is 401. The van der Waals surface area contributed by atoms with E-state index in [1.807, 2.05) is 0 Å². The van der Waals surface area contributed by atoms with Crippen molar-refractivity contribution in [2.75, 3.05) is 0 Å². The number of esters is 1. The van der Waals surface area contributed by atoms with Crippen LogP contribution < -0.4 is 4.74 Å². The van der Waals surface area contributed by atoms with Gasteiger partial charge in [0.1, 0.15) is 0 Å². The summed E-state index contributed by atoms with van der Waals surface area (Å²) in [7, 11) is 0. The predicted molar refractivity (Wildman–Crippen MR) is 62.0 cm³/mol. The van der Waals surface area contributed by atoms with Crippen molar-refractivity contribution in [1.29, 1.82) is 0 Å². The van der Waals surface area contributed by atoms with Crippen LogP contribution in [0.15, 0.2) is 18.2 Å². The minimum atomic E-state index is -0.507. The number of hydrogen-bond donors (Lipinski definition) is 0. The fourth-order valence-corrected chi connectivity index (χ4v) is 2.18. The van der Waals surface area contributed by atoms with Crippen LogP contribution in [0.1, 0.15) is 32.6 Å². The Morgan fingerprint density at radius 3 is 2.67 bits per heavy atom. The van der Waals surface area contributed by atoms with Crippen LogP contribution in [-0.4, -0.2) is 5.97 Å². The number of carbonyl (C=O) groups is 1. The molecule has 2 nitrogen and oxygen atoms in total. The van der Waals surface area contributed by atoms with Gasteiger partial charge in [-0.05, 0) is 31.6 Å². The largest absolute Gasteiger partial charge is 0.453 e. The maximum atomic E-state index is 12.9. The van der Waals surface area contributed by atoms with Crippen molar-refractivity contribution >= 4 is 5.97 Å². The SMILES string of the molecule is CC1CCC(C(=O)Oc2cc[c-]c(F)c2)CC1.[Y]. The van der Waals surface area contributed by atoms with Crippen molar-refractivity contribution in [3.63, 3.8) is 0 Å². The van der Waals surface area contributed by atoms with Gasteiger partial charge in [0.2, 0.25) is 0 Å². The molecule has 0 bridgehead atoms. The maximum Gasteiger partial charge on any atom is 0.312 e. The minimum Gasteiger partial charge on any atom is -0.453 e. The first-order chi connectivity index (χ1) is 8.15. The second kappa shape index (κ2) is 7.35. The Balaban J connectivity index is 0.00000162. The third-order valence-electron chi connectivity index (χ3n) is 3.31. The first-order valence-corrected chi connectivity index (χ1v) is 6.04. The minimum absolute atomic E-state index is 0. The summed E-state index contributed by atoms with van der Waals surface area (Å²) in [6.07, 6.45) is 3.89. The molecule has 0 saturated heterocycles. The van der Waals surface area contributed by atoms with Crippen LogP contribution in [-0.2, 0) is 37.5 Å². The zero-order chi connectivity index (χ0) is 12.3. The normalized spacial score (nSPS) is 23.0. The smallest absolute Gasteiger partial charge is 0.312 e. The standard InChI is InChI=1S/C14H16FO2.Y/c1-10-5-7-11(8-6-10)14(16)17-13-4-2-3-12(15)9-13;/h2,4,9-11H,5-8H2,1H3;/q-1;. The van der Waals surface area contributed by atoms with Gasteiger partial charge in [0, 0.05) is 44.3 Å². The van der Waals surface area contributed by atoms with E-state index in [0.717, 1.165) is 25.7 Å². The predicted octanol–water partition coefficient (Wildman–Crippen LogP) is 3.36. The van der Waals surface area contributed by atoms with Gasteiger partial charge < -0.3 is 4.74 Å². The molecule has 0 amide bonds. The molecule has 2 rings (SSSR count). The van der Waals surface area contributed by atoms with Gasteiger partial charge >= 0.3 is 5.97 Å². The third kappa shape index (κ3) is 4.44. The quantitative estimate of drug-likeness (QED) is 0.474. The molecule has 1 fully saturated rings. The molecule has 0 atom stereocenters. The first kappa shape index (κ1) is 15.8. The second-order valence-electron chi connectivity index (χ2n) is 4.75. The molecule has 1 aromatic carbocycles. The molecule has 1 radical (unpaired) electrons. The topological polar surface area (TPSA) is 26.3 Å². The van der Waals surface area contributed by atoms with Gasteiger partial charge in [-0.15, -0.1) is 12.1 Å². The molecule has 1 aliphatic rings. The van der Waals surface area contributed by atoms with E-state index in [1.165, 1.54) is 12.1 Å². The summed E-state index contributed by atoms with van der Waals surface area (Å²) in [5.41, 5.74) is 0. The maximum absolute atomic E-state index is 12.9. The molecule has 18 heavy (non-hydrogen) atoms. The van der Waals surface area contributed by atoms with Crippen molar-refractivity contribution in [1.82, 2.24) is 0 Å². The van der Waals surface area contributed by atoms with E-state index in [2.05, 4.69) is 13.0 Å². The zero-order valence-electron chi connectivity index (χ0n) is 10.5. The van der Waals surface area contributed by atoms with Crippen molar-refractivity contribution in [3.05, 3.63) is 30.1 Å². The zero-order valence-corrected chi connectivity index (χ0v) is 13.3. The molecule has 0 aromatic heterocycles. The average molecular weight is 324 g/mol. The Kier molecular flexibility index (Phi) is 6.44.